The number of benzene rings is 1. The van der Waals surface area contributed by atoms with Crippen LogP contribution in [0.15, 0.2) is 12.1 Å². The molecule has 2 heteroatoms. The zero-order valence-electron chi connectivity index (χ0n) is 11.1. The Morgan fingerprint density at radius 2 is 1.88 bits per heavy atom. The van der Waals surface area contributed by atoms with Crippen LogP contribution in [0, 0.1) is 13.8 Å². The van der Waals surface area contributed by atoms with E-state index in [-0.39, 0.29) is 0 Å². The first-order chi connectivity index (χ1) is 8.10. The van der Waals surface area contributed by atoms with Crippen molar-refractivity contribution in [1.29, 1.82) is 0 Å². The number of rotatable bonds is 0. The molecule has 1 heterocycles. The lowest BCUT2D eigenvalue weighted by Crippen LogP contribution is -2.49. The van der Waals surface area contributed by atoms with Gasteiger partial charge in [0.25, 0.3) is 0 Å². The van der Waals surface area contributed by atoms with Crippen LogP contribution in [0.5, 0.6) is 0 Å². The van der Waals surface area contributed by atoms with Gasteiger partial charge in [-0.1, -0.05) is 18.9 Å². The highest BCUT2D eigenvalue weighted by Gasteiger charge is 2.39. The second-order valence-electron chi connectivity index (χ2n) is 5.94. The molecule has 1 aromatic rings. The number of nitrogens with one attached hydrogen (secondary N) is 1. The molecular formula is C15H22N2. The molecule has 1 aromatic carbocycles. The van der Waals surface area contributed by atoms with E-state index in [4.69, 9.17) is 0 Å². The maximum Gasteiger partial charge on any atom is 0.0612 e. The molecule has 3 rings (SSSR count). The predicted molar refractivity (Wildman–Crippen MR) is 74.0 cm³/mol. The Labute approximate surface area is 104 Å². The summed E-state index contributed by atoms with van der Waals surface area (Å²) in [6, 6.07) is 4.59. The summed E-state index contributed by atoms with van der Waals surface area (Å²) in [5.74, 6) is 0. The van der Waals surface area contributed by atoms with E-state index in [2.05, 4.69) is 43.2 Å². The second-order valence-corrected chi connectivity index (χ2v) is 5.94. The molecule has 17 heavy (non-hydrogen) atoms. The molecule has 2 aliphatic rings. The number of aryl methyl sites for hydroxylation is 2. The lowest BCUT2D eigenvalue weighted by Gasteiger charge is -2.43. The van der Waals surface area contributed by atoms with Crippen molar-refractivity contribution in [3.8, 4) is 0 Å². The van der Waals surface area contributed by atoms with Crippen molar-refractivity contribution in [1.82, 2.24) is 0 Å². The molecule has 1 spiro atoms. The third kappa shape index (κ3) is 1.70. The van der Waals surface area contributed by atoms with Crippen LogP contribution in [-0.2, 0) is 0 Å². The van der Waals surface area contributed by atoms with Crippen molar-refractivity contribution in [2.75, 3.05) is 23.8 Å². The van der Waals surface area contributed by atoms with Crippen molar-refractivity contribution < 1.29 is 0 Å². The van der Waals surface area contributed by atoms with E-state index in [9.17, 15) is 0 Å². The van der Waals surface area contributed by atoms with E-state index in [1.807, 2.05) is 0 Å². The van der Waals surface area contributed by atoms with Crippen molar-refractivity contribution in [3.63, 3.8) is 0 Å². The lowest BCUT2D eigenvalue weighted by molar-refractivity contribution is 0.472. The van der Waals surface area contributed by atoms with Crippen molar-refractivity contribution in [3.05, 3.63) is 23.3 Å². The third-order valence-corrected chi connectivity index (χ3v) is 4.36. The molecule has 0 unspecified atom stereocenters. The van der Waals surface area contributed by atoms with Gasteiger partial charge in [-0.25, -0.2) is 0 Å². The Hall–Kier alpha value is -1.18. The predicted octanol–water partition coefficient (Wildman–Crippen LogP) is 3.48. The molecular weight excluding hydrogens is 208 g/mol. The minimum Gasteiger partial charge on any atom is -0.376 e. The molecule has 1 aliphatic carbocycles. The van der Waals surface area contributed by atoms with Crippen LogP contribution in [-0.4, -0.2) is 19.1 Å². The molecule has 0 bridgehead atoms. The molecule has 0 radical (unpaired) electrons. The van der Waals surface area contributed by atoms with Crippen molar-refractivity contribution >= 4 is 11.4 Å². The highest BCUT2D eigenvalue weighted by atomic mass is 15.2. The van der Waals surface area contributed by atoms with E-state index in [0.717, 1.165) is 6.54 Å². The van der Waals surface area contributed by atoms with Gasteiger partial charge in [0.2, 0.25) is 0 Å². The van der Waals surface area contributed by atoms with E-state index in [1.165, 1.54) is 48.2 Å². The van der Waals surface area contributed by atoms with Crippen molar-refractivity contribution in [2.45, 2.75) is 45.1 Å². The zero-order valence-corrected chi connectivity index (χ0v) is 11.1. The topological polar surface area (TPSA) is 15.3 Å². The highest BCUT2D eigenvalue weighted by molar-refractivity contribution is 5.77. The van der Waals surface area contributed by atoms with Gasteiger partial charge in [-0.05, 0) is 43.9 Å². The minimum atomic E-state index is 0.349. The van der Waals surface area contributed by atoms with E-state index in [0.29, 0.717) is 5.54 Å². The fraction of sp³-hybridized carbons (Fsp3) is 0.600. The first-order valence-electron chi connectivity index (χ1n) is 6.70. The van der Waals surface area contributed by atoms with Gasteiger partial charge >= 0.3 is 0 Å². The molecule has 2 nitrogen and oxygen atoms in total. The zero-order chi connectivity index (χ0) is 12.0. The van der Waals surface area contributed by atoms with E-state index < -0.39 is 0 Å². The maximum atomic E-state index is 3.86. The quantitative estimate of drug-likeness (QED) is 0.734. The summed E-state index contributed by atoms with van der Waals surface area (Å²) in [6.07, 6.45) is 5.40. The van der Waals surface area contributed by atoms with Gasteiger partial charge in [-0.15, -0.1) is 0 Å². The highest BCUT2D eigenvalue weighted by Crippen LogP contribution is 2.43. The fourth-order valence-electron chi connectivity index (χ4n) is 3.59. The van der Waals surface area contributed by atoms with Crippen LogP contribution in [0.4, 0.5) is 11.4 Å². The summed E-state index contributed by atoms with van der Waals surface area (Å²) in [5.41, 5.74) is 5.84. The van der Waals surface area contributed by atoms with Crippen LogP contribution in [0.1, 0.15) is 36.8 Å². The lowest BCUT2D eigenvalue weighted by atomic mass is 9.91. The molecule has 0 aromatic heterocycles. The first-order valence-corrected chi connectivity index (χ1v) is 6.70. The molecule has 0 amide bonds. The number of nitrogens with zero attached hydrogens (tertiary/aromatic N) is 1. The Bertz CT molecular complexity index is 444. The van der Waals surface area contributed by atoms with Crippen LogP contribution in [0.2, 0.25) is 0 Å². The molecule has 0 atom stereocenters. The van der Waals surface area contributed by atoms with Gasteiger partial charge in [0, 0.05) is 13.6 Å². The van der Waals surface area contributed by atoms with Gasteiger partial charge < -0.3 is 10.2 Å². The molecule has 1 N–H and O–H groups in total. The smallest absolute Gasteiger partial charge is 0.0612 e. The largest absolute Gasteiger partial charge is 0.376 e. The van der Waals surface area contributed by atoms with Gasteiger partial charge in [0.05, 0.1) is 16.9 Å². The summed E-state index contributed by atoms with van der Waals surface area (Å²) < 4.78 is 0. The number of likely N-dealkylation sites (N-methyl/N-ethyl adjacent to an activating group) is 1. The number of fused-ring (bicyclic) bond motifs is 1. The Morgan fingerprint density at radius 3 is 2.59 bits per heavy atom. The molecule has 1 aliphatic heterocycles. The molecule has 1 fully saturated rings. The summed E-state index contributed by atoms with van der Waals surface area (Å²) in [4.78, 5) is 2.44. The average molecular weight is 230 g/mol. The summed E-state index contributed by atoms with van der Waals surface area (Å²) in [6.45, 7) is 5.56. The number of hydrogen-bond donors (Lipinski definition) is 1. The van der Waals surface area contributed by atoms with E-state index in [1.54, 1.807) is 0 Å². The van der Waals surface area contributed by atoms with Crippen LogP contribution in [0.25, 0.3) is 0 Å². The van der Waals surface area contributed by atoms with Gasteiger partial charge in [0.15, 0.2) is 0 Å². The minimum absolute atomic E-state index is 0.349. The van der Waals surface area contributed by atoms with Crippen LogP contribution in [0.3, 0.4) is 0 Å². The Kier molecular flexibility index (Phi) is 2.35. The van der Waals surface area contributed by atoms with Crippen LogP contribution < -0.4 is 10.2 Å². The Balaban J connectivity index is 2.06. The summed E-state index contributed by atoms with van der Waals surface area (Å²) in [5, 5.41) is 3.86. The van der Waals surface area contributed by atoms with Crippen LogP contribution >= 0.6 is 0 Å². The molecule has 0 saturated heterocycles. The summed E-state index contributed by atoms with van der Waals surface area (Å²) in [7, 11) is 2.23. The van der Waals surface area contributed by atoms with Gasteiger partial charge in [-0.2, -0.15) is 0 Å². The monoisotopic (exact) mass is 230 g/mol. The SMILES string of the molecule is Cc1cc(C)c2c(c1)N(C)CC1(CCCC1)N2. The van der Waals surface area contributed by atoms with Gasteiger partial charge in [0.1, 0.15) is 0 Å². The second kappa shape index (κ2) is 3.66. The molecule has 1 saturated carbocycles. The summed E-state index contributed by atoms with van der Waals surface area (Å²) >= 11 is 0. The number of anilines is 2. The fourth-order valence-corrected chi connectivity index (χ4v) is 3.59. The van der Waals surface area contributed by atoms with Gasteiger partial charge in [-0.3, -0.25) is 0 Å². The third-order valence-electron chi connectivity index (χ3n) is 4.36. The maximum absolute atomic E-state index is 3.86. The Morgan fingerprint density at radius 1 is 1.18 bits per heavy atom. The van der Waals surface area contributed by atoms with E-state index >= 15 is 0 Å². The van der Waals surface area contributed by atoms with Crippen molar-refractivity contribution in [2.24, 2.45) is 0 Å². The standard InChI is InChI=1S/C15H22N2/c1-11-8-12(2)14-13(9-11)17(3)10-15(16-14)6-4-5-7-15/h8-9,16H,4-7,10H2,1-3H3. The molecule has 92 valence electrons. The first kappa shape index (κ1) is 10.9. The normalized spacial score (nSPS) is 21.5. The number of hydrogen-bond acceptors (Lipinski definition) is 2. The average Bonchev–Trinajstić information content (AvgIpc) is 2.69.